The number of aryl methyl sites for hydroxylation is 1. The maximum Gasteiger partial charge on any atom is 0.326 e. The average Bonchev–Trinajstić information content (AvgIpc) is 3.31. The van der Waals surface area contributed by atoms with Crippen LogP contribution in [0.5, 0.6) is 5.75 Å². The van der Waals surface area contributed by atoms with Gasteiger partial charge in [0.1, 0.15) is 17.9 Å². The highest BCUT2D eigenvalue weighted by Crippen LogP contribution is 2.31. The summed E-state index contributed by atoms with van der Waals surface area (Å²) in [5.41, 5.74) is 4.31. The summed E-state index contributed by atoms with van der Waals surface area (Å²) in [6.07, 6.45) is 3.20. The Bertz CT molecular complexity index is 1290. The van der Waals surface area contributed by atoms with Crippen LogP contribution in [0, 0.1) is 6.92 Å². The van der Waals surface area contributed by atoms with Crippen molar-refractivity contribution in [2.45, 2.75) is 44.5 Å². The van der Waals surface area contributed by atoms with Crippen LogP contribution in [0.25, 0.3) is 11.1 Å². The molecule has 8 heteroatoms. The fourth-order valence-corrected chi connectivity index (χ4v) is 5.69. The minimum absolute atomic E-state index is 0.0534. The van der Waals surface area contributed by atoms with Crippen LogP contribution in [0.3, 0.4) is 0 Å². The predicted octanol–water partition coefficient (Wildman–Crippen LogP) is 5.27. The van der Waals surface area contributed by atoms with Gasteiger partial charge in [0.15, 0.2) is 0 Å². The lowest BCUT2D eigenvalue weighted by Gasteiger charge is -2.24. The van der Waals surface area contributed by atoms with Crippen LogP contribution in [0.4, 0.5) is 0 Å². The smallest absolute Gasteiger partial charge is 0.326 e. The van der Waals surface area contributed by atoms with Gasteiger partial charge in [-0.25, -0.2) is 4.79 Å². The number of nitrogens with zero attached hydrogens (tertiary/aromatic N) is 1. The van der Waals surface area contributed by atoms with Crippen LogP contribution >= 0.6 is 11.8 Å². The summed E-state index contributed by atoms with van der Waals surface area (Å²) < 4.78 is 11.8. The second-order valence-electron chi connectivity index (χ2n) is 10.2. The van der Waals surface area contributed by atoms with Crippen LogP contribution in [-0.2, 0) is 16.1 Å². The third kappa shape index (κ3) is 7.65. The van der Waals surface area contributed by atoms with Gasteiger partial charge >= 0.3 is 5.97 Å². The number of nitrogens with one attached hydrogen (secondary N) is 1. The first kappa shape index (κ1) is 29.6. The molecule has 0 aromatic heterocycles. The van der Waals surface area contributed by atoms with Gasteiger partial charge in [0.2, 0.25) is 0 Å². The molecule has 1 saturated heterocycles. The summed E-state index contributed by atoms with van der Waals surface area (Å²) in [6.45, 7) is 4.06. The maximum atomic E-state index is 13.4. The van der Waals surface area contributed by atoms with E-state index in [0.717, 1.165) is 41.0 Å². The fraction of sp³-hybridized carbons (Fsp3) is 0.375. The molecule has 212 valence electrons. The Morgan fingerprint density at radius 3 is 2.52 bits per heavy atom. The molecular weight excluding hydrogens is 524 g/mol. The van der Waals surface area contributed by atoms with Gasteiger partial charge in [-0.15, -0.1) is 0 Å². The first-order valence-corrected chi connectivity index (χ1v) is 14.9. The number of amides is 1. The van der Waals surface area contributed by atoms with Gasteiger partial charge in [-0.3, -0.25) is 9.69 Å². The Morgan fingerprint density at radius 2 is 1.82 bits per heavy atom. The molecule has 1 aliphatic rings. The monoisotopic (exact) mass is 562 g/mol. The van der Waals surface area contributed by atoms with Crippen LogP contribution in [-0.4, -0.2) is 72.3 Å². The van der Waals surface area contributed by atoms with Crippen molar-refractivity contribution >= 4 is 23.6 Å². The molecule has 1 fully saturated rings. The second-order valence-corrected chi connectivity index (χ2v) is 11.2. The van der Waals surface area contributed by atoms with Crippen LogP contribution in [0.1, 0.15) is 34.3 Å². The van der Waals surface area contributed by atoms with Gasteiger partial charge in [-0.1, -0.05) is 48.5 Å². The van der Waals surface area contributed by atoms with E-state index >= 15 is 0 Å². The van der Waals surface area contributed by atoms with E-state index in [1.54, 1.807) is 18.9 Å². The van der Waals surface area contributed by atoms with E-state index in [9.17, 15) is 14.7 Å². The van der Waals surface area contributed by atoms with Crippen molar-refractivity contribution in [2.24, 2.45) is 0 Å². The first-order chi connectivity index (χ1) is 19.4. The number of para-hydroxylation sites is 1. The number of methoxy groups -OCH3 is 1. The largest absolute Gasteiger partial charge is 0.489 e. The number of rotatable bonds is 13. The molecule has 0 unspecified atom stereocenters. The van der Waals surface area contributed by atoms with Crippen molar-refractivity contribution in [3.8, 4) is 16.9 Å². The van der Waals surface area contributed by atoms with Gasteiger partial charge in [0, 0.05) is 38.2 Å². The van der Waals surface area contributed by atoms with E-state index in [-0.39, 0.29) is 18.1 Å². The molecule has 0 bridgehead atoms. The summed E-state index contributed by atoms with van der Waals surface area (Å²) in [7, 11) is 1.72. The summed E-state index contributed by atoms with van der Waals surface area (Å²) in [4.78, 5) is 27.6. The lowest BCUT2D eigenvalue weighted by molar-refractivity contribution is -0.139. The number of carbonyl (C=O) groups excluding carboxylic acids is 1. The normalized spacial score (nSPS) is 17.9. The quantitative estimate of drug-likeness (QED) is 0.294. The Balaban J connectivity index is 1.59. The first-order valence-electron chi connectivity index (χ1n) is 13.6. The van der Waals surface area contributed by atoms with Crippen molar-refractivity contribution in [1.29, 1.82) is 0 Å². The molecule has 0 spiro atoms. The Kier molecular flexibility index (Phi) is 10.6. The van der Waals surface area contributed by atoms with Gasteiger partial charge < -0.3 is 19.9 Å². The molecule has 1 aliphatic heterocycles. The van der Waals surface area contributed by atoms with Gasteiger partial charge in [0.25, 0.3) is 5.91 Å². The van der Waals surface area contributed by atoms with Crippen molar-refractivity contribution in [3.63, 3.8) is 0 Å². The zero-order valence-electron chi connectivity index (χ0n) is 23.3. The number of aliphatic carboxylic acids is 1. The molecule has 0 aliphatic carbocycles. The van der Waals surface area contributed by atoms with E-state index in [0.29, 0.717) is 30.9 Å². The number of hydrogen-bond donors (Lipinski definition) is 2. The van der Waals surface area contributed by atoms with E-state index in [2.05, 4.69) is 16.3 Å². The molecular formula is C32H38N2O5S. The number of benzene rings is 3. The second kappa shape index (κ2) is 14.3. The van der Waals surface area contributed by atoms with Crippen molar-refractivity contribution in [2.75, 3.05) is 32.3 Å². The highest BCUT2D eigenvalue weighted by Gasteiger charge is 2.33. The third-order valence-corrected chi connectivity index (χ3v) is 7.90. The third-order valence-electron chi connectivity index (χ3n) is 7.26. The highest BCUT2D eigenvalue weighted by atomic mass is 32.2. The molecule has 3 aromatic carbocycles. The molecule has 1 amide bonds. The molecule has 0 saturated carbocycles. The van der Waals surface area contributed by atoms with Gasteiger partial charge in [-0.05, 0) is 71.9 Å². The fourth-order valence-electron chi connectivity index (χ4n) is 5.22. The molecule has 1 heterocycles. The predicted molar refractivity (Wildman–Crippen MR) is 160 cm³/mol. The van der Waals surface area contributed by atoms with Crippen LogP contribution in [0.2, 0.25) is 0 Å². The molecule has 2 N–H and O–H groups in total. The lowest BCUT2D eigenvalue weighted by atomic mass is 9.93. The Morgan fingerprint density at radius 1 is 1.07 bits per heavy atom. The van der Waals surface area contributed by atoms with Crippen molar-refractivity contribution < 1.29 is 24.2 Å². The zero-order chi connectivity index (χ0) is 28.5. The molecule has 3 aromatic rings. The molecule has 0 radical (unpaired) electrons. The topological polar surface area (TPSA) is 88.1 Å². The average molecular weight is 563 g/mol. The number of thioether (sulfide) groups is 1. The van der Waals surface area contributed by atoms with E-state index in [4.69, 9.17) is 9.47 Å². The summed E-state index contributed by atoms with van der Waals surface area (Å²) in [5.74, 6) is 0.101. The summed E-state index contributed by atoms with van der Waals surface area (Å²) in [6, 6.07) is 22.9. The molecule has 3 atom stereocenters. The zero-order valence-corrected chi connectivity index (χ0v) is 24.2. The van der Waals surface area contributed by atoms with Gasteiger partial charge in [0.05, 0.1) is 6.61 Å². The standard InChI is InChI=1S/C32H38N2O5S/c1-22-9-7-8-12-27(22)29-17-23(13-14-28(29)31(35)33-30(32(36)37)15-16-40-3)19-34-20-26(18-24(34)21-38-2)39-25-10-5-4-6-11-25/h4-14,17,24,26,30H,15-16,18-21H2,1-3H3,(H,33,35)(H,36,37)/t24-,26-,30-/m0/s1. The van der Waals surface area contributed by atoms with Crippen LogP contribution < -0.4 is 10.1 Å². The van der Waals surface area contributed by atoms with E-state index in [1.807, 2.05) is 79.9 Å². The number of hydrogen-bond acceptors (Lipinski definition) is 6. The molecule has 4 rings (SSSR count). The van der Waals surface area contributed by atoms with Crippen molar-refractivity contribution in [3.05, 3.63) is 89.5 Å². The number of carboxylic acid groups (broad SMARTS) is 1. The van der Waals surface area contributed by atoms with Crippen molar-refractivity contribution in [1.82, 2.24) is 10.2 Å². The number of ether oxygens (including phenoxy) is 2. The molecule has 40 heavy (non-hydrogen) atoms. The van der Waals surface area contributed by atoms with Crippen LogP contribution in [0.15, 0.2) is 72.8 Å². The lowest BCUT2D eigenvalue weighted by Crippen LogP contribution is -2.41. The van der Waals surface area contributed by atoms with Gasteiger partial charge in [-0.2, -0.15) is 11.8 Å². The molecule has 7 nitrogen and oxygen atoms in total. The SMILES string of the molecule is COC[C@@H]1C[C@H](Oc2ccccc2)CN1Cc1ccc(C(=O)N[C@@H](CCSC)C(=O)O)c(-c2ccccc2C)c1. The number of carbonyl (C=O) groups is 2. The summed E-state index contributed by atoms with van der Waals surface area (Å²) >= 11 is 1.56. The number of likely N-dealkylation sites (tertiary alicyclic amines) is 1. The Hall–Kier alpha value is -3.33. The maximum absolute atomic E-state index is 13.4. The number of carboxylic acids is 1. The highest BCUT2D eigenvalue weighted by molar-refractivity contribution is 7.98. The minimum atomic E-state index is -1.03. The Labute approximate surface area is 240 Å². The van der Waals surface area contributed by atoms with E-state index in [1.165, 1.54) is 0 Å². The van der Waals surface area contributed by atoms with E-state index < -0.39 is 12.0 Å². The minimum Gasteiger partial charge on any atom is -0.489 e. The summed E-state index contributed by atoms with van der Waals surface area (Å²) in [5, 5.41) is 12.4.